The summed E-state index contributed by atoms with van der Waals surface area (Å²) in [6, 6.07) is 0. The maximum atomic E-state index is 11.1. The van der Waals surface area contributed by atoms with Gasteiger partial charge in [0, 0.05) is 6.08 Å². The molecule has 0 heterocycles. The van der Waals surface area contributed by atoms with Crippen molar-refractivity contribution in [1.29, 1.82) is 0 Å². The molecule has 1 atom stereocenters. The van der Waals surface area contributed by atoms with Gasteiger partial charge in [-0.15, -0.1) is 0 Å². The Balaban J connectivity index is 4.05. The molecule has 0 N–H and O–H groups in total. The van der Waals surface area contributed by atoms with Gasteiger partial charge in [-0.2, -0.15) is 0 Å². The van der Waals surface area contributed by atoms with Crippen molar-refractivity contribution in [3.8, 4) is 0 Å². The molecular formula is C11H18O2. The van der Waals surface area contributed by atoms with Crippen LogP contribution in [0.5, 0.6) is 0 Å². The minimum atomic E-state index is -0.280. The summed E-state index contributed by atoms with van der Waals surface area (Å²) in [5.41, 5.74) is 1.07. The lowest BCUT2D eigenvalue weighted by Gasteiger charge is -2.07. The fourth-order valence-corrected chi connectivity index (χ4v) is 0.833. The molecule has 0 rings (SSSR count). The van der Waals surface area contributed by atoms with E-state index in [4.69, 9.17) is 4.74 Å². The van der Waals surface area contributed by atoms with Crippen LogP contribution in [-0.2, 0) is 9.53 Å². The Bertz CT molecular complexity index is 204. The van der Waals surface area contributed by atoms with Crippen LogP contribution in [0.2, 0.25) is 0 Å². The molecule has 0 amide bonds. The highest BCUT2D eigenvalue weighted by atomic mass is 16.5. The summed E-state index contributed by atoms with van der Waals surface area (Å²) in [5.74, 6) is 0.161. The summed E-state index contributed by atoms with van der Waals surface area (Å²) in [5, 5.41) is 0. The Kier molecular flexibility index (Phi) is 5.94. The fourth-order valence-electron chi connectivity index (χ4n) is 0.833. The zero-order valence-corrected chi connectivity index (χ0v) is 8.67. The van der Waals surface area contributed by atoms with E-state index in [0.717, 1.165) is 12.0 Å². The van der Waals surface area contributed by atoms with Gasteiger partial charge in [0.15, 0.2) is 0 Å². The Morgan fingerprint density at radius 3 is 2.69 bits per heavy atom. The van der Waals surface area contributed by atoms with Crippen molar-refractivity contribution >= 4 is 5.97 Å². The topological polar surface area (TPSA) is 26.3 Å². The van der Waals surface area contributed by atoms with Gasteiger partial charge < -0.3 is 4.74 Å². The number of esters is 1. The Hall–Kier alpha value is -1.05. The minimum Gasteiger partial charge on any atom is -0.458 e. The van der Waals surface area contributed by atoms with Crippen LogP contribution in [0.4, 0.5) is 0 Å². The first-order chi connectivity index (χ1) is 6.11. The highest BCUT2D eigenvalue weighted by Gasteiger charge is 2.03. The molecule has 0 aromatic carbocycles. The van der Waals surface area contributed by atoms with E-state index >= 15 is 0 Å². The quantitative estimate of drug-likeness (QED) is 0.371. The van der Waals surface area contributed by atoms with Crippen LogP contribution >= 0.6 is 0 Å². The Labute approximate surface area is 80.3 Å². The van der Waals surface area contributed by atoms with E-state index in [1.807, 2.05) is 6.92 Å². The zero-order valence-electron chi connectivity index (χ0n) is 8.67. The van der Waals surface area contributed by atoms with Crippen molar-refractivity contribution in [3.05, 3.63) is 24.3 Å². The third-order valence-electron chi connectivity index (χ3n) is 2.08. The number of hydrogen-bond donors (Lipinski definition) is 0. The highest BCUT2D eigenvalue weighted by Crippen LogP contribution is 2.12. The SMILES string of the molecule is C=CCOC(=O)C=C(C)C(C)CC. The molecule has 0 spiro atoms. The monoisotopic (exact) mass is 182 g/mol. The number of carbonyl (C=O) groups excluding carboxylic acids is 1. The average Bonchev–Trinajstić information content (AvgIpc) is 2.13. The minimum absolute atomic E-state index is 0.280. The van der Waals surface area contributed by atoms with Crippen LogP contribution in [0.25, 0.3) is 0 Å². The van der Waals surface area contributed by atoms with E-state index in [0.29, 0.717) is 5.92 Å². The van der Waals surface area contributed by atoms with Crippen molar-refractivity contribution in [2.45, 2.75) is 27.2 Å². The van der Waals surface area contributed by atoms with Gasteiger partial charge in [-0.1, -0.05) is 32.1 Å². The third kappa shape index (κ3) is 5.23. The molecule has 0 saturated carbocycles. The predicted molar refractivity (Wildman–Crippen MR) is 54.4 cm³/mol. The van der Waals surface area contributed by atoms with E-state index in [2.05, 4.69) is 20.4 Å². The molecule has 0 aliphatic rings. The molecule has 0 bridgehead atoms. The molecule has 1 unspecified atom stereocenters. The van der Waals surface area contributed by atoms with Gasteiger partial charge in [-0.25, -0.2) is 4.79 Å². The standard InChI is InChI=1S/C11H18O2/c1-5-7-13-11(12)8-10(4)9(3)6-2/h5,8-9H,1,6-7H2,2-4H3. The lowest BCUT2D eigenvalue weighted by atomic mass is 10.00. The van der Waals surface area contributed by atoms with Gasteiger partial charge in [0.05, 0.1) is 0 Å². The first kappa shape index (κ1) is 11.9. The van der Waals surface area contributed by atoms with Gasteiger partial charge in [0.2, 0.25) is 0 Å². The summed E-state index contributed by atoms with van der Waals surface area (Å²) in [4.78, 5) is 11.1. The van der Waals surface area contributed by atoms with E-state index in [-0.39, 0.29) is 12.6 Å². The highest BCUT2D eigenvalue weighted by molar-refractivity contribution is 5.82. The van der Waals surface area contributed by atoms with E-state index < -0.39 is 0 Å². The maximum Gasteiger partial charge on any atom is 0.331 e. The van der Waals surface area contributed by atoms with Crippen molar-refractivity contribution in [2.24, 2.45) is 5.92 Å². The van der Waals surface area contributed by atoms with Crippen molar-refractivity contribution in [3.63, 3.8) is 0 Å². The van der Waals surface area contributed by atoms with E-state index in [1.54, 1.807) is 12.2 Å². The maximum absolute atomic E-state index is 11.1. The van der Waals surface area contributed by atoms with Gasteiger partial charge in [0.1, 0.15) is 6.61 Å². The summed E-state index contributed by atoms with van der Waals surface area (Å²) in [6.45, 7) is 9.88. The normalized spacial score (nSPS) is 13.6. The van der Waals surface area contributed by atoms with Crippen LogP contribution in [0.15, 0.2) is 24.3 Å². The second-order valence-electron chi connectivity index (χ2n) is 3.12. The summed E-state index contributed by atoms with van der Waals surface area (Å²) < 4.78 is 4.82. The first-order valence-electron chi connectivity index (χ1n) is 4.57. The molecule has 0 aliphatic heterocycles. The second-order valence-corrected chi connectivity index (χ2v) is 3.12. The molecule has 13 heavy (non-hydrogen) atoms. The van der Waals surface area contributed by atoms with Crippen LogP contribution < -0.4 is 0 Å². The van der Waals surface area contributed by atoms with Crippen LogP contribution in [0.1, 0.15) is 27.2 Å². The van der Waals surface area contributed by atoms with Gasteiger partial charge >= 0.3 is 5.97 Å². The number of allylic oxidation sites excluding steroid dienone is 1. The zero-order chi connectivity index (χ0) is 10.3. The molecule has 2 nitrogen and oxygen atoms in total. The lowest BCUT2D eigenvalue weighted by Crippen LogP contribution is -2.03. The molecule has 74 valence electrons. The average molecular weight is 182 g/mol. The number of carbonyl (C=O) groups is 1. The predicted octanol–water partition coefficient (Wildman–Crippen LogP) is 2.71. The van der Waals surface area contributed by atoms with Gasteiger partial charge in [0.25, 0.3) is 0 Å². The van der Waals surface area contributed by atoms with Gasteiger partial charge in [-0.05, 0) is 19.3 Å². The first-order valence-corrected chi connectivity index (χ1v) is 4.57. The third-order valence-corrected chi connectivity index (χ3v) is 2.08. The summed E-state index contributed by atoms with van der Waals surface area (Å²) >= 11 is 0. The molecule has 0 radical (unpaired) electrons. The Morgan fingerprint density at radius 2 is 2.23 bits per heavy atom. The summed E-state index contributed by atoms with van der Waals surface area (Å²) in [7, 11) is 0. The molecule has 2 heteroatoms. The Morgan fingerprint density at radius 1 is 1.62 bits per heavy atom. The molecule has 0 aromatic rings. The van der Waals surface area contributed by atoms with Crippen LogP contribution in [0, 0.1) is 5.92 Å². The largest absolute Gasteiger partial charge is 0.458 e. The molecule has 0 saturated heterocycles. The molecule has 0 fully saturated rings. The van der Waals surface area contributed by atoms with Gasteiger partial charge in [-0.3, -0.25) is 0 Å². The molecule has 0 aromatic heterocycles. The van der Waals surface area contributed by atoms with E-state index in [9.17, 15) is 4.79 Å². The summed E-state index contributed by atoms with van der Waals surface area (Å²) in [6.07, 6.45) is 4.15. The van der Waals surface area contributed by atoms with Crippen molar-refractivity contribution in [2.75, 3.05) is 6.61 Å². The number of rotatable bonds is 5. The van der Waals surface area contributed by atoms with Crippen molar-refractivity contribution in [1.82, 2.24) is 0 Å². The lowest BCUT2D eigenvalue weighted by molar-refractivity contribution is -0.136. The van der Waals surface area contributed by atoms with Crippen molar-refractivity contribution < 1.29 is 9.53 Å². The molecular weight excluding hydrogens is 164 g/mol. The van der Waals surface area contributed by atoms with E-state index in [1.165, 1.54) is 0 Å². The van der Waals surface area contributed by atoms with Crippen LogP contribution in [-0.4, -0.2) is 12.6 Å². The van der Waals surface area contributed by atoms with Crippen LogP contribution in [0.3, 0.4) is 0 Å². The second kappa shape index (κ2) is 6.46. The smallest absolute Gasteiger partial charge is 0.331 e. The fraction of sp³-hybridized carbons (Fsp3) is 0.545. The molecule has 0 aliphatic carbocycles. The number of hydrogen-bond acceptors (Lipinski definition) is 2. The number of ether oxygens (including phenoxy) is 1.